The van der Waals surface area contributed by atoms with Gasteiger partial charge in [-0.3, -0.25) is 0 Å². The molecule has 4 N–H and O–H groups in total. The van der Waals surface area contributed by atoms with Crippen molar-refractivity contribution in [3.8, 4) is 0 Å². The van der Waals surface area contributed by atoms with Gasteiger partial charge in [-0.2, -0.15) is 39.5 Å². The van der Waals surface area contributed by atoms with Gasteiger partial charge in [0.25, 0.3) is 0 Å². The summed E-state index contributed by atoms with van der Waals surface area (Å²) in [6, 6.07) is 0. The fourth-order valence-electron chi connectivity index (χ4n) is 3.39. The van der Waals surface area contributed by atoms with Gasteiger partial charge in [0.15, 0.2) is 0 Å². The molecule has 236 valence electrons. The van der Waals surface area contributed by atoms with E-state index in [-0.39, 0.29) is 0 Å². The maximum atomic E-state index is 10.6. The van der Waals surface area contributed by atoms with Crippen LogP contribution in [0, 0.1) is 0 Å². The SMILES string of the molecule is C=Cc1cn(CCN2CCCC2)c(C2CCNCC2)n1.O=C(O)C(F)(F)F.O=C(O)C(F)(F)F.O=C(O)C(F)(F)F. The van der Waals surface area contributed by atoms with E-state index in [1.165, 1.54) is 44.6 Å². The molecule has 0 atom stereocenters. The Morgan fingerprint density at radius 1 is 0.854 bits per heavy atom. The lowest BCUT2D eigenvalue weighted by Gasteiger charge is -2.24. The zero-order chi connectivity index (χ0) is 32.0. The Morgan fingerprint density at radius 3 is 1.59 bits per heavy atom. The van der Waals surface area contributed by atoms with Gasteiger partial charge >= 0.3 is 36.4 Å². The second-order valence-corrected chi connectivity index (χ2v) is 8.40. The van der Waals surface area contributed by atoms with E-state index in [2.05, 4.69) is 27.6 Å². The van der Waals surface area contributed by atoms with Gasteiger partial charge in [0.2, 0.25) is 0 Å². The van der Waals surface area contributed by atoms with Gasteiger partial charge in [-0.1, -0.05) is 6.58 Å². The first-order valence-corrected chi connectivity index (χ1v) is 11.7. The third-order valence-corrected chi connectivity index (χ3v) is 5.32. The highest BCUT2D eigenvalue weighted by atomic mass is 19.4. The number of nitrogens with one attached hydrogen (secondary N) is 1. The lowest BCUT2D eigenvalue weighted by molar-refractivity contribution is -0.193. The quantitative estimate of drug-likeness (QED) is 0.361. The minimum Gasteiger partial charge on any atom is -0.475 e. The van der Waals surface area contributed by atoms with E-state index in [9.17, 15) is 39.5 Å². The first-order chi connectivity index (χ1) is 18.7. The average molecular weight is 616 g/mol. The third-order valence-electron chi connectivity index (χ3n) is 5.32. The molecule has 2 saturated heterocycles. The number of imidazole rings is 1. The molecular weight excluding hydrogens is 587 g/mol. The van der Waals surface area contributed by atoms with Crippen molar-refractivity contribution in [3.63, 3.8) is 0 Å². The van der Waals surface area contributed by atoms with Crippen LogP contribution in [0.4, 0.5) is 39.5 Å². The summed E-state index contributed by atoms with van der Waals surface area (Å²) >= 11 is 0. The van der Waals surface area contributed by atoms with Crippen LogP contribution in [0.15, 0.2) is 12.8 Å². The summed E-state index contributed by atoms with van der Waals surface area (Å²) in [6.07, 6.45) is -6.06. The minimum absolute atomic E-state index is 0.614. The number of aromatic nitrogens is 2. The Labute approximate surface area is 227 Å². The highest BCUT2D eigenvalue weighted by Gasteiger charge is 2.39. The van der Waals surface area contributed by atoms with Gasteiger partial charge < -0.3 is 30.1 Å². The van der Waals surface area contributed by atoms with Gasteiger partial charge in [-0.15, -0.1) is 0 Å². The van der Waals surface area contributed by atoms with Crippen LogP contribution >= 0.6 is 0 Å². The van der Waals surface area contributed by atoms with Crippen LogP contribution < -0.4 is 5.32 Å². The molecule has 2 fully saturated rings. The summed E-state index contributed by atoms with van der Waals surface area (Å²) in [4.78, 5) is 34.1. The van der Waals surface area contributed by atoms with E-state index < -0.39 is 36.4 Å². The molecule has 0 saturated carbocycles. The number of nitrogens with zero attached hydrogens (tertiary/aromatic N) is 3. The van der Waals surface area contributed by atoms with Gasteiger partial charge in [0.1, 0.15) is 5.82 Å². The smallest absolute Gasteiger partial charge is 0.475 e. The number of carboxylic acid groups (broad SMARTS) is 3. The average Bonchev–Trinajstić information content (AvgIpc) is 3.52. The normalized spacial score (nSPS) is 16.2. The largest absolute Gasteiger partial charge is 0.490 e. The molecule has 3 heterocycles. The molecule has 41 heavy (non-hydrogen) atoms. The predicted molar refractivity (Wildman–Crippen MR) is 124 cm³/mol. The second kappa shape index (κ2) is 16.8. The van der Waals surface area contributed by atoms with Crippen LogP contribution in [0.3, 0.4) is 0 Å². The van der Waals surface area contributed by atoms with Crippen molar-refractivity contribution >= 4 is 24.0 Å². The van der Waals surface area contributed by atoms with E-state index in [1.807, 2.05) is 6.08 Å². The molecule has 1 aromatic heterocycles. The van der Waals surface area contributed by atoms with E-state index >= 15 is 0 Å². The fraction of sp³-hybridized carbons (Fsp3) is 0.636. The van der Waals surface area contributed by atoms with Crippen LogP contribution in [0.1, 0.15) is 43.1 Å². The van der Waals surface area contributed by atoms with Crippen LogP contribution in [0.5, 0.6) is 0 Å². The Morgan fingerprint density at radius 2 is 1.24 bits per heavy atom. The van der Waals surface area contributed by atoms with Crippen LogP contribution in [-0.2, 0) is 20.9 Å². The topological polar surface area (TPSA) is 145 Å². The molecule has 19 heteroatoms. The maximum absolute atomic E-state index is 10.6. The van der Waals surface area contributed by atoms with Crippen LogP contribution in [0.2, 0.25) is 0 Å². The molecule has 10 nitrogen and oxygen atoms in total. The number of hydrogen-bond acceptors (Lipinski definition) is 6. The summed E-state index contributed by atoms with van der Waals surface area (Å²) < 4.78 is 97.6. The number of aliphatic carboxylic acids is 3. The third kappa shape index (κ3) is 15.9. The lowest BCUT2D eigenvalue weighted by atomic mass is 9.97. The molecule has 0 bridgehead atoms. The molecule has 0 radical (unpaired) electrons. The molecule has 0 spiro atoms. The maximum Gasteiger partial charge on any atom is 0.490 e. The van der Waals surface area contributed by atoms with E-state index in [1.54, 1.807) is 0 Å². The summed E-state index contributed by atoms with van der Waals surface area (Å²) in [6.45, 7) is 10.9. The minimum atomic E-state index is -5.08. The number of piperidine rings is 1. The molecular formula is C22H29F9N4O6. The zero-order valence-corrected chi connectivity index (χ0v) is 21.3. The number of likely N-dealkylation sites (tertiary alicyclic amines) is 1. The highest BCUT2D eigenvalue weighted by Crippen LogP contribution is 2.25. The molecule has 3 rings (SSSR count). The summed E-state index contributed by atoms with van der Waals surface area (Å²) in [7, 11) is 0. The number of carbonyl (C=O) groups is 3. The van der Waals surface area contributed by atoms with E-state index in [4.69, 9.17) is 34.7 Å². The lowest BCUT2D eigenvalue weighted by Crippen LogP contribution is -2.29. The first-order valence-electron chi connectivity index (χ1n) is 11.7. The van der Waals surface area contributed by atoms with Crippen molar-refractivity contribution in [1.82, 2.24) is 19.8 Å². The fourth-order valence-corrected chi connectivity index (χ4v) is 3.39. The number of rotatable bonds is 5. The van der Waals surface area contributed by atoms with Crippen LogP contribution in [0.25, 0.3) is 6.08 Å². The summed E-state index contributed by atoms with van der Waals surface area (Å²) in [5.41, 5.74) is 1.03. The Kier molecular flexibility index (Phi) is 15.4. The van der Waals surface area contributed by atoms with E-state index in [0.29, 0.717) is 5.92 Å². The van der Waals surface area contributed by atoms with Crippen LogP contribution in [-0.4, -0.2) is 98.9 Å². The second-order valence-electron chi connectivity index (χ2n) is 8.40. The van der Waals surface area contributed by atoms with Gasteiger partial charge in [0, 0.05) is 25.2 Å². The Balaban J connectivity index is 0.000000631. The number of hydrogen-bond donors (Lipinski definition) is 4. The number of carboxylic acids is 3. The molecule has 0 aliphatic carbocycles. The van der Waals surface area contributed by atoms with Crippen molar-refractivity contribution in [2.45, 2.75) is 56.7 Å². The van der Waals surface area contributed by atoms with Crippen molar-refractivity contribution in [2.24, 2.45) is 0 Å². The predicted octanol–water partition coefficient (Wildman–Crippen LogP) is 3.99. The number of halogens is 9. The van der Waals surface area contributed by atoms with Gasteiger partial charge in [-0.25, -0.2) is 19.4 Å². The van der Waals surface area contributed by atoms with Crippen molar-refractivity contribution in [2.75, 3.05) is 32.7 Å². The van der Waals surface area contributed by atoms with Crippen molar-refractivity contribution < 1.29 is 69.2 Å². The summed E-state index contributed by atoms with van der Waals surface area (Å²) in [5, 5.41) is 24.8. The zero-order valence-electron chi connectivity index (χ0n) is 21.3. The molecule has 0 aromatic carbocycles. The van der Waals surface area contributed by atoms with Crippen molar-refractivity contribution in [1.29, 1.82) is 0 Å². The van der Waals surface area contributed by atoms with E-state index in [0.717, 1.165) is 31.9 Å². The van der Waals surface area contributed by atoms with Gasteiger partial charge in [0.05, 0.1) is 5.69 Å². The first kappa shape index (κ1) is 37.6. The molecule has 0 unspecified atom stereocenters. The number of alkyl halides is 9. The standard InChI is InChI=1S/C16H26N4.3C2HF3O2/c1-2-15-13-20(12-11-19-9-3-4-10-19)16(18-15)14-5-7-17-8-6-14;3*3-2(4,5)1(6)7/h2,13-14,17H,1,3-12H2;3*(H,6,7). The Hall–Kier alpha value is -3.35. The molecule has 1 aromatic rings. The Bertz CT molecular complexity index is 925. The molecule has 2 aliphatic heterocycles. The molecule has 0 amide bonds. The highest BCUT2D eigenvalue weighted by molar-refractivity contribution is 5.73. The molecule has 2 aliphatic rings. The van der Waals surface area contributed by atoms with Gasteiger partial charge in [-0.05, 0) is 57.9 Å². The summed E-state index contributed by atoms with van der Waals surface area (Å²) in [5.74, 6) is -6.38. The monoisotopic (exact) mass is 616 g/mol. The van der Waals surface area contributed by atoms with Crippen molar-refractivity contribution in [3.05, 3.63) is 24.3 Å².